The summed E-state index contributed by atoms with van der Waals surface area (Å²) in [5.41, 5.74) is 9.77. The van der Waals surface area contributed by atoms with Crippen molar-refractivity contribution in [2.75, 3.05) is 6.61 Å². The van der Waals surface area contributed by atoms with Crippen molar-refractivity contribution in [3.05, 3.63) is 53.3 Å². The molecule has 4 nitrogen and oxygen atoms in total. The molecule has 3 rings (SSSR count). The maximum atomic E-state index is 6.35. The topological polar surface area (TPSA) is 61.0 Å². The fourth-order valence-corrected chi connectivity index (χ4v) is 3.59. The van der Waals surface area contributed by atoms with Gasteiger partial charge in [0, 0.05) is 27.7 Å². The van der Waals surface area contributed by atoms with E-state index in [1.807, 2.05) is 44.2 Å². The maximum absolute atomic E-state index is 6.35. The van der Waals surface area contributed by atoms with Gasteiger partial charge in [-0.25, -0.2) is 0 Å². The molecular formula is C22H26ClN3O. The van der Waals surface area contributed by atoms with Gasteiger partial charge in [0.15, 0.2) is 0 Å². The van der Waals surface area contributed by atoms with Gasteiger partial charge in [0.1, 0.15) is 12.4 Å². The van der Waals surface area contributed by atoms with E-state index in [2.05, 4.69) is 23.8 Å². The van der Waals surface area contributed by atoms with Gasteiger partial charge in [-0.1, -0.05) is 31.5 Å². The lowest BCUT2D eigenvalue weighted by Gasteiger charge is -2.27. The van der Waals surface area contributed by atoms with E-state index in [0.717, 1.165) is 39.9 Å². The van der Waals surface area contributed by atoms with Gasteiger partial charge in [-0.3, -0.25) is 9.97 Å². The number of fused-ring (bicyclic) bond motifs is 1. The van der Waals surface area contributed by atoms with Crippen LogP contribution in [0.25, 0.3) is 22.2 Å². The Kier molecular flexibility index (Phi) is 5.68. The second-order valence-corrected chi connectivity index (χ2v) is 8.33. The Balaban J connectivity index is 1.85. The smallest absolute Gasteiger partial charge is 0.140 e. The van der Waals surface area contributed by atoms with Crippen LogP contribution in [-0.4, -0.2) is 22.1 Å². The van der Waals surface area contributed by atoms with Gasteiger partial charge in [-0.05, 0) is 56.0 Å². The summed E-state index contributed by atoms with van der Waals surface area (Å²) in [6, 6.07) is 9.72. The van der Waals surface area contributed by atoms with Gasteiger partial charge in [-0.2, -0.15) is 0 Å². The van der Waals surface area contributed by atoms with Gasteiger partial charge in [0.05, 0.1) is 17.4 Å². The van der Waals surface area contributed by atoms with E-state index in [-0.39, 0.29) is 5.54 Å². The van der Waals surface area contributed by atoms with Gasteiger partial charge in [-0.15, -0.1) is 0 Å². The zero-order valence-electron chi connectivity index (χ0n) is 16.3. The van der Waals surface area contributed by atoms with Crippen LogP contribution in [0, 0.1) is 12.8 Å². The maximum Gasteiger partial charge on any atom is 0.140 e. The average Bonchev–Trinajstić information content (AvgIpc) is 2.58. The molecule has 0 spiro atoms. The van der Waals surface area contributed by atoms with Crippen LogP contribution in [0.1, 0.15) is 32.8 Å². The Morgan fingerprint density at radius 3 is 2.67 bits per heavy atom. The third kappa shape index (κ3) is 4.76. The second-order valence-electron chi connectivity index (χ2n) is 7.90. The van der Waals surface area contributed by atoms with Crippen LogP contribution >= 0.6 is 11.6 Å². The van der Waals surface area contributed by atoms with Gasteiger partial charge in [0.2, 0.25) is 0 Å². The Morgan fingerprint density at radius 1 is 1.19 bits per heavy atom. The monoisotopic (exact) mass is 383 g/mol. The molecule has 0 aliphatic rings. The van der Waals surface area contributed by atoms with E-state index in [1.54, 1.807) is 12.4 Å². The number of rotatable bonds is 6. The number of nitrogens with two attached hydrogens (primary N) is 1. The number of aromatic nitrogens is 2. The zero-order chi connectivity index (χ0) is 19.6. The molecule has 0 radical (unpaired) electrons. The third-order valence-electron chi connectivity index (χ3n) is 4.48. The van der Waals surface area contributed by atoms with Crippen LogP contribution in [-0.2, 0) is 0 Å². The molecule has 1 unspecified atom stereocenters. The summed E-state index contributed by atoms with van der Waals surface area (Å²) in [7, 11) is 0. The Bertz CT molecular complexity index is 953. The lowest BCUT2D eigenvalue weighted by Crippen LogP contribution is -2.43. The van der Waals surface area contributed by atoms with Gasteiger partial charge in [0.25, 0.3) is 0 Å². The van der Waals surface area contributed by atoms with Crippen LogP contribution in [0.2, 0.25) is 5.02 Å². The summed E-state index contributed by atoms with van der Waals surface area (Å²) >= 11 is 6.08. The molecule has 2 aromatic heterocycles. The highest BCUT2D eigenvalue weighted by Crippen LogP contribution is 2.30. The van der Waals surface area contributed by atoms with E-state index in [9.17, 15) is 0 Å². The van der Waals surface area contributed by atoms with E-state index < -0.39 is 0 Å². The van der Waals surface area contributed by atoms with Crippen LogP contribution in [0.4, 0.5) is 0 Å². The molecule has 0 fully saturated rings. The summed E-state index contributed by atoms with van der Waals surface area (Å²) in [6.07, 6.45) is 4.46. The standard InChI is InChI=1S/C22H26ClN3O/c1-14(2)11-22(4,24)13-27-21-12-26-19(9-15(21)3)18-7-8-25-20-10-16(23)5-6-17(18)20/h5-10,12,14H,11,13,24H2,1-4H3. The highest BCUT2D eigenvalue weighted by Gasteiger charge is 2.21. The molecule has 1 aromatic carbocycles. The highest BCUT2D eigenvalue weighted by atomic mass is 35.5. The Hall–Kier alpha value is -2.17. The zero-order valence-corrected chi connectivity index (χ0v) is 17.0. The van der Waals surface area contributed by atoms with Gasteiger partial charge < -0.3 is 10.5 Å². The molecule has 3 aromatic rings. The largest absolute Gasteiger partial charge is 0.490 e. The molecular weight excluding hydrogens is 358 g/mol. The molecule has 0 amide bonds. The summed E-state index contributed by atoms with van der Waals surface area (Å²) in [5.74, 6) is 1.29. The first-order valence-electron chi connectivity index (χ1n) is 9.18. The quantitative estimate of drug-likeness (QED) is 0.618. The average molecular weight is 384 g/mol. The van der Waals surface area contributed by atoms with Crippen LogP contribution < -0.4 is 10.5 Å². The predicted molar refractivity (Wildman–Crippen MR) is 112 cm³/mol. The SMILES string of the molecule is Cc1cc(-c2ccnc3cc(Cl)ccc23)ncc1OCC(C)(N)CC(C)C. The molecule has 0 saturated heterocycles. The lowest BCUT2D eigenvalue weighted by molar-refractivity contribution is 0.205. The Labute approximate surface area is 165 Å². The first-order valence-corrected chi connectivity index (χ1v) is 9.56. The number of aryl methyl sites for hydroxylation is 1. The summed E-state index contributed by atoms with van der Waals surface area (Å²) in [6.45, 7) is 8.84. The molecule has 0 aliphatic heterocycles. The summed E-state index contributed by atoms with van der Waals surface area (Å²) in [5, 5.41) is 1.69. The molecule has 2 heterocycles. The number of benzene rings is 1. The van der Waals surface area contributed by atoms with Crippen LogP contribution in [0.5, 0.6) is 5.75 Å². The molecule has 2 N–H and O–H groups in total. The minimum absolute atomic E-state index is 0.361. The van der Waals surface area contributed by atoms with E-state index >= 15 is 0 Å². The third-order valence-corrected chi connectivity index (χ3v) is 4.71. The molecule has 5 heteroatoms. The Morgan fingerprint density at radius 2 is 1.96 bits per heavy atom. The van der Waals surface area contributed by atoms with E-state index in [0.29, 0.717) is 17.5 Å². The highest BCUT2D eigenvalue weighted by molar-refractivity contribution is 6.31. The van der Waals surface area contributed by atoms with Crippen molar-refractivity contribution in [3.8, 4) is 17.0 Å². The van der Waals surface area contributed by atoms with Crippen molar-refractivity contribution in [1.82, 2.24) is 9.97 Å². The van der Waals surface area contributed by atoms with Crippen LogP contribution in [0.3, 0.4) is 0 Å². The fraction of sp³-hybridized carbons (Fsp3) is 0.364. The summed E-state index contributed by atoms with van der Waals surface area (Å²) in [4.78, 5) is 9.01. The molecule has 0 aliphatic carbocycles. The van der Waals surface area contributed by atoms with Gasteiger partial charge >= 0.3 is 0 Å². The van der Waals surface area contributed by atoms with E-state index in [1.165, 1.54) is 0 Å². The van der Waals surface area contributed by atoms with Crippen molar-refractivity contribution in [2.45, 2.75) is 39.7 Å². The van der Waals surface area contributed by atoms with Crippen molar-refractivity contribution >= 4 is 22.5 Å². The summed E-state index contributed by atoms with van der Waals surface area (Å²) < 4.78 is 5.98. The first-order chi connectivity index (χ1) is 12.7. The number of hydrogen-bond donors (Lipinski definition) is 1. The number of ether oxygens (including phenoxy) is 1. The minimum Gasteiger partial charge on any atom is -0.490 e. The molecule has 27 heavy (non-hydrogen) atoms. The van der Waals surface area contributed by atoms with Crippen LogP contribution in [0.15, 0.2) is 42.7 Å². The normalized spacial score (nSPS) is 13.7. The molecule has 142 valence electrons. The van der Waals surface area contributed by atoms with Crippen molar-refractivity contribution in [2.24, 2.45) is 11.7 Å². The molecule has 0 bridgehead atoms. The first kappa shape index (κ1) is 19.6. The second kappa shape index (κ2) is 7.83. The number of pyridine rings is 2. The van der Waals surface area contributed by atoms with Crippen molar-refractivity contribution in [3.63, 3.8) is 0 Å². The minimum atomic E-state index is -0.361. The molecule has 1 atom stereocenters. The predicted octanol–water partition coefficient (Wildman–Crippen LogP) is 5.40. The van der Waals surface area contributed by atoms with Crippen molar-refractivity contribution in [1.29, 1.82) is 0 Å². The number of halogens is 1. The molecule has 0 saturated carbocycles. The van der Waals surface area contributed by atoms with E-state index in [4.69, 9.17) is 22.1 Å². The number of hydrogen-bond acceptors (Lipinski definition) is 4. The van der Waals surface area contributed by atoms with Crippen molar-refractivity contribution < 1.29 is 4.74 Å². The number of nitrogens with zero attached hydrogens (tertiary/aromatic N) is 2. The lowest BCUT2D eigenvalue weighted by atomic mass is 9.93. The fourth-order valence-electron chi connectivity index (χ4n) is 3.42.